The third kappa shape index (κ3) is 4.93. The molecule has 0 saturated carbocycles. The van der Waals surface area contributed by atoms with E-state index >= 15 is 0 Å². The summed E-state index contributed by atoms with van der Waals surface area (Å²) in [6.45, 7) is 3.23. The molecule has 2 amide bonds. The number of carbonyl (C=O) groups excluding carboxylic acids is 3. The molecule has 33 heavy (non-hydrogen) atoms. The number of methoxy groups -OCH3 is 1. The van der Waals surface area contributed by atoms with Crippen LogP contribution >= 0.6 is 0 Å². The van der Waals surface area contributed by atoms with Crippen molar-refractivity contribution < 1.29 is 33.3 Å². The number of hydrogen-bond donors (Lipinski definition) is 0. The van der Waals surface area contributed by atoms with E-state index < -0.39 is 6.04 Å². The van der Waals surface area contributed by atoms with Gasteiger partial charge in [0.05, 0.1) is 26.0 Å². The number of nitrogens with zero attached hydrogens (tertiary/aromatic N) is 2. The molecule has 4 rings (SSSR count). The summed E-state index contributed by atoms with van der Waals surface area (Å²) in [6, 6.07) is 11.1. The lowest BCUT2D eigenvalue weighted by Crippen LogP contribution is -2.54. The molecule has 0 aromatic heterocycles. The van der Waals surface area contributed by atoms with Gasteiger partial charge < -0.3 is 23.8 Å². The fourth-order valence-corrected chi connectivity index (χ4v) is 3.85. The average molecular weight is 454 g/mol. The Kier molecular flexibility index (Phi) is 6.79. The topological polar surface area (TPSA) is 94.6 Å². The minimum atomic E-state index is -0.739. The second-order valence-corrected chi connectivity index (χ2v) is 7.74. The molecule has 2 heterocycles. The molecule has 2 aliphatic heterocycles. The zero-order chi connectivity index (χ0) is 23.4. The molecular formula is C24H26N2O7. The molecule has 1 saturated heterocycles. The van der Waals surface area contributed by atoms with E-state index in [2.05, 4.69) is 0 Å². The highest BCUT2D eigenvalue weighted by Gasteiger charge is 2.36. The summed E-state index contributed by atoms with van der Waals surface area (Å²) >= 11 is 0. The smallest absolute Gasteiger partial charge is 0.265 e. The number of hydrogen-bond acceptors (Lipinski definition) is 7. The quantitative estimate of drug-likeness (QED) is 0.590. The highest BCUT2D eigenvalue weighted by molar-refractivity contribution is 6.05. The van der Waals surface area contributed by atoms with Crippen molar-refractivity contribution in [2.45, 2.75) is 13.0 Å². The van der Waals surface area contributed by atoms with Crippen LogP contribution in [0, 0.1) is 0 Å². The van der Waals surface area contributed by atoms with Gasteiger partial charge in [-0.3, -0.25) is 19.3 Å². The van der Waals surface area contributed by atoms with Gasteiger partial charge in [-0.2, -0.15) is 0 Å². The van der Waals surface area contributed by atoms with E-state index in [4.69, 9.17) is 18.9 Å². The van der Waals surface area contributed by atoms with E-state index in [0.717, 1.165) is 0 Å². The van der Waals surface area contributed by atoms with Crippen LogP contribution in [0.2, 0.25) is 0 Å². The van der Waals surface area contributed by atoms with Gasteiger partial charge in [0.1, 0.15) is 23.3 Å². The van der Waals surface area contributed by atoms with Crippen molar-refractivity contribution in [2.75, 3.05) is 51.5 Å². The number of benzene rings is 2. The van der Waals surface area contributed by atoms with Crippen LogP contribution in [0.1, 0.15) is 17.3 Å². The van der Waals surface area contributed by atoms with Crippen LogP contribution in [-0.4, -0.2) is 75.2 Å². The number of morpholine rings is 1. The molecule has 1 fully saturated rings. The normalized spacial score (nSPS) is 16.5. The molecule has 0 bridgehead atoms. The van der Waals surface area contributed by atoms with E-state index in [1.165, 1.54) is 4.90 Å². The van der Waals surface area contributed by atoms with Gasteiger partial charge in [0.15, 0.2) is 19.0 Å². The Balaban J connectivity index is 1.52. The predicted octanol–water partition coefficient (Wildman–Crippen LogP) is 1.93. The fraction of sp³-hybridized carbons (Fsp3) is 0.375. The average Bonchev–Trinajstić information content (AvgIpc) is 2.86. The Bertz CT molecular complexity index is 1050. The van der Waals surface area contributed by atoms with Gasteiger partial charge in [-0.15, -0.1) is 0 Å². The number of ether oxygens (including phenoxy) is 4. The Morgan fingerprint density at radius 3 is 2.61 bits per heavy atom. The molecule has 9 heteroatoms. The van der Waals surface area contributed by atoms with Crippen LogP contribution < -0.4 is 19.1 Å². The number of Topliss-reactive ketones (excluding diaryl/α,β-unsaturated/α-hetero) is 1. The van der Waals surface area contributed by atoms with Crippen molar-refractivity contribution in [3.63, 3.8) is 0 Å². The molecule has 1 atom stereocenters. The van der Waals surface area contributed by atoms with Crippen molar-refractivity contribution in [3.8, 4) is 17.2 Å². The predicted molar refractivity (Wildman–Crippen MR) is 119 cm³/mol. The zero-order valence-electron chi connectivity index (χ0n) is 18.6. The molecule has 2 aromatic rings. The number of carbonyl (C=O) groups is 3. The third-order valence-corrected chi connectivity index (χ3v) is 5.64. The van der Waals surface area contributed by atoms with Gasteiger partial charge in [0.2, 0.25) is 5.91 Å². The van der Waals surface area contributed by atoms with Gasteiger partial charge in [0, 0.05) is 24.7 Å². The molecule has 1 unspecified atom stereocenters. The summed E-state index contributed by atoms with van der Waals surface area (Å²) in [4.78, 5) is 41.7. The lowest BCUT2D eigenvalue weighted by atomic mass is 10.1. The van der Waals surface area contributed by atoms with Crippen LogP contribution in [0.5, 0.6) is 17.2 Å². The first kappa shape index (κ1) is 22.6. The molecule has 2 aliphatic rings. The molecule has 2 aromatic carbocycles. The molecule has 9 nitrogen and oxygen atoms in total. The molecule has 0 spiro atoms. The first-order valence-corrected chi connectivity index (χ1v) is 10.7. The van der Waals surface area contributed by atoms with Gasteiger partial charge >= 0.3 is 0 Å². The number of fused-ring (bicyclic) bond motifs is 1. The molecule has 174 valence electrons. The van der Waals surface area contributed by atoms with E-state index in [9.17, 15) is 14.4 Å². The summed E-state index contributed by atoms with van der Waals surface area (Å²) in [5.74, 6) is 0.795. The SMILES string of the molecule is COc1cccc(OCC(=O)c2ccc3c(c2)N(C(C)C(=O)N2CCOCC2)C(=O)CO3)c1. The number of amides is 2. The maximum absolute atomic E-state index is 13.0. The summed E-state index contributed by atoms with van der Waals surface area (Å²) in [6.07, 6.45) is 0. The van der Waals surface area contributed by atoms with Gasteiger partial charge in [0.25, 0.3) is 5.91 Å². The van der Waals surface area contributed by atoms with Crippen molar-refractivity contribution in [1.82, 2.24) is 4.90 Å². The summed E-state index contributed by atoms with van der Waals surface area (Å²) in [7, 11) is 1.55. The van der Waals surface area contributed by atoms with Crippen LogP contribution in [0.4, 0.5) is 5.69 Å². The van der Waals surface area contributed by atoms with Gasteiger partial charge in [-0.05, 0) is 37.3 Å². The number of rotatable bonds is 7. The number of anilines is 1. The number of ketones is 1. The molecular weight excluding hydrogens is 428 g/mol. The largest absolute Gasteiger partial charge is 0.497 e. The first-order valence-electron chi connectivity index (χ1n) is 10.7. The van der Waals surface area contributed by atoms with Crippen molar-refractivity contribution in [1.29, 1.82) is 0 Å². The second-order valence-electron chi connectivity index (χ2n) is 7.74. The van der Waals surface area contributed by atoms with Crippen LogP contribution in [-0.2, 0) is 14.3 Å². The molecule has 0 radical (unpaired) electrons. The van der Waals surface area contributed by atoms with E-state index in [1.54, 1.807) is 61.4 Å². The Morgan fingerprint density at radius 1 is 1.09 bits per heavy atom. The summed E-state index contributed by atoms with van der Waals surface area (Å²) < 4.78 is 21.6. The Morgan fingerprint density at radius 2 is 1.85 bits per heavy atom. The van der Waals surface area contributed by atoms with Crippen molar-refractivity contribution >= 4 is 23.3 Å². The van der Waals surface area contributed by atoms with Crippen LogP contribution in [0.3, 0.4) is 0 Å². The minimum Gasteiger partial charge on any atom is -0.497 e. The molecule has 0 N–H and O–H groups in total. The van der Waals surface area contributed by atoms with Crippen LogP contribution in [0.15, 0.2) is 42.5 Å². The fourth-order valence-electron chi connectivity index (χ4n) is 3.85. The highest BCUT2D eigenvalue weighted by Crippen LogP contribution is 2.35. The lowest BCUT2D eigenvalue weighted by molar-refractivity contribution is -0.138. The minimum absolute atomic E-state index is 0.167. The van der Waals surface area contributed by atoms with Crippen LogP contribution in [0.25, 0.3) is 0 Å². The lowest BCUT2D eigenvalue weighted by Gasteiger charge is -2.37. The van der Waals surface area contributed by atoms with E-state index in [1.807, 2.05) is 0 Å². The zero-order valence-corrected chi connectivity index (χ0v) is 18.6. The van der Waals surface area contributed by atoms with Gasteiger partial charge in [-0.1, -0.05) is 6.07 Å². The first-order chi connectivity index (χ1) is 16.0. The highest BCUT2D eigenvalue weighted by atomic mass is 16.5. The Labute approximate surface area is 191 Å². The maximum Gasteiger partial charge on any atom is 0.265 e. The monoisotopic (exact) mass is 454 g/mol. The van der Waals surface area contributed by atoms with E-state index in [-0.39, 0.29) is 30.8 Å². The summed E-state index contributed by atoms with van der Waals surface area (Å²) in [5, 5.41) is 0. The van der Waals surface area contributed by atoms with Gasteiger partial charge in [-0.25, -0.2) is 0 Å². The molecule has 0 aliphatic carbocycles. The third-order valence-electron chi connectivity index (χ3n) is 5.64. The van der Waals surface area contributed by atoms with Crippen molar-refractivity contribution in [2.24, 2.45) is 0 Å². The standard InChI is InChI=1S/C24H26N2O7/c1-16(24(29)25-8-10-31-11-9-25)26-20-12-17(6-7-22(20)33-15-23(26)28)21(27)14-32-19-5-3-4-18(13-19)30-2/h3-7,12-13,16H,8-11,14-15H2,1-2H3. The maximum atomic E-state index is 13.0. The van der Waals surface area contributed by atoms with Crippen molar-refractivity contribution in [3.05, 3.63) is 48.0 Å². The summed E-state index contributed by atoms with van der Waals surface area (Å²) in [5.41, 5.74) is 0.749. The Hall–Kier alpha value is -3.59. The van der Waals surface area contributed by atoms with E-state index in [0.29, 0.717) is 54.8 Å². The second kappa shape index (κ2) is 9.91.